The third-order valence-electron chi connectivity index (χ3n) is 4.60. The van der Waals surface area contributed by atoms with Crippen LogP contribution < -0.4 is 5.32 Å². The fraction of sp³-hybridized carbons (Fsp3) is 0.444. The largest absolute Gasteiger partial charge is 0.481 e. The van der Waals surface area contributed by atoms with Gasteiger partial charge in [0.25, 0.3) is 5.91 Å². The van der Waals surface area contributed by atoms with E-state index in [2.05, 4.69) is 5.32 Å². The first-order valence-electron chi connectivity index (χ1n) is 8.08. The number of aryl methyl sites for hydroxylation is 1. The standard InChI is InChI=1S/C18H24N2O3/c1-4-18(5-2,11-16(21)22)19-17(23)14-12-20(6-3)15-10-8-7-9-13(14)15/h7-10,12H,4-6,11H2,1-3H3,(H,19,23)(H,21,22). The summed E-state index contributed by atoms with van der Waals surface area (Å²) in [5.74, 6) is -1.11. The van der Waals surface area contributed by atoms with Gasteiger partial charge in [-0.2, -0.15) is 0 Å². The maximum atomic E-state index is 12.8. The van der Waals surface area contributed by atoms with Gasteiger partial charge >= 0.3 is 5.97 Å². The van der Waals surface area contributed by atoms with E-state index in [4.69, 9.17) is 5.11 Å². The maximum Gasteiger partial charge on any atom is 0.305 e. The number of rotatable bonds is 7. The molecule has 0 bridgehead atoms. The second kappa shape index (κ2) is 6.86. The second-order valence-electron chi connectivity index (χ2n) is 5.86. The first-order chi connectivity index (χ1) is 11.0. The van der Waals surface area contributed by atoms with E-state index in [1.54, 1.807) is 0 Å². The van der Waals surface area contributed by atoms with E-state index in [1.165, 1.54) is 0 Å². The molecule has 0 saturated heterocycles. The number of carboxylic acid groups (broad SMARTS) is 1. The molecule has 0 atom stereocenters. The van der Waals surface area contributed by atoms with E-state index in [0.717, 1.165) is 17.4 Å². The summed E-state index contributed by atoms with van der Waals surface area (Å²) in [5.41, 5.74) is 0.898. The van der Waals surface area contributed by atoms with Gasteiger partial charge in [0, 0.05) is 23.6 Å². The molecule has 0 saturated carbocycles. The van der Waals surface area contributed by atoms with Crippen molar-refractivity contribution >= 4 is 22.8 Å². The number of hydrogen-bond donors (Lipinski definition) is 2. The van der Waals surface area contributed by atoms with Crippen molar-refractivity contribution in [2.75, 3.05) is 0 Å². The van der Waals surface area contributed by atoms with Crippen LogP contribution in [0.15, 0.2) is 30.5 Å². The number of carboxylic acids is 1. The van der Waals surface area contributed by atoms with Crippen molar-refractivity contribution in [3.63, 3.8) is 0 Å². The van der Waals surface area contributed by atoms with Gasteiger partial charge in [-0.05, 0) is 25.8 Å². The van der Waals surface area contributed by atoms with Crippen LogP contribution in [-0.2, 0) is 11.3 Å². The molecule has 5 heteroatoms. The molecule has 1 heterocycles. The minimum atomic E-state index is -0.898. The van der Waals surface area contributed by atoms with Crippen molar-refractivity contribution in [3.05, 3.63) is 36.0 Å². The van der Waals surface area contributed by atoms with E-state index >= 15 is 0 Å². The highest BCUT2D eigenvalue weighted by Gasteiger charge is 2.32. The van der Waals surface area contributed by atoms with Crippen LogP contribution >= 0.6 is 0 Å². The number of hydrogen-bond acceptors (Lipinski definition) is 2. The number of benzene rings is 1. The van der Waals surface area contributed by atoms with Crippen LogP contribution in [0.4, 0.5) is 0 Å². The predicted octanol–water partition coefficient (Wildman–Crippen LogP) is 3.42. The highest BCUT2D eigenvalue weighted by Crippen LogP contribution is 2.25. The van der Waals surface area contributed by atoms with E-state index in [-0.39, 0.29) is 12.3 Å². The molecule has 0 radical (unpaired) electrons. The molecule has 124 valence electrons. The molecule has 23 heavy (non-hydrogen) atoms. The summed E-state index contributed by atoms with van der Waals surface area (Å²) in [6.45, 7) is 6.61. The Morgan fingerprint density at radius 2 is 1.83 bits per heavy atom. The zero-order valence-corrected chi connectivity index (χ0v) is 13.9. The molecule has 2 N–H and O–H groups in total. The fourth-order valence-corrected chi connectivity index (χ4v) is 3.01. The van der Waals surface area contributed by atoms with E-state index in [1.807, 2.05) is 55.8 Å². The molecule has 0 spiro atoms. The van der Waals surface area contributed by atoms with Crippen molar-refractivity contribution in [1.82, 2.24) is 9.88 Å². The summed E-state index contributed by atoms with van der Waals surface area (Å²) in [4.78, 5) is 23.9. The lowest BCUT2D eigenvalue weighted by atomic mass is 9.88. The molecule has 2 aromatic rings. The number of nitrogens with zero attached hydrogens (tertiary/aromatic N) is 1. The SMILES string of the molecule is CCn1cc(C(=O)NC(CC)(CC)CC(=O)O)c2ccccc21. The Morgan fingerprint density at radius 3 is 2.39 bits per heavy atom. The predicted molar refractivity (Wildman–Crippen MR) is 90.6 cm³/mol. The average Bonchev–Trinajstić information content (AvgIpc) is 2.92. The third-order valence-corrected chi connectivity index (χ3v) is 4.60. The lowest BCUT2D eigenvalue weighted by Gasteiger charge is -2.31. The molecular weight excluding hydrogens is 292 g/mol. The fourth-order valence-electron chi connectivity index (χ4n) is 3.01. The van der Waals surface area contributed by atoms with Crippen molar-refractivity contribution in [2.24, 2.45) is 0 Å². The number of nitrogens with one attached hydrogen (secondary N) is 1. The monoisotopic (exact) mass is 316 g/mol. The quantitative estimate of drug-likeness (QED) is 0.822. The van der Waals surface area contributed by atoms with Gasteiger partial charge in [-0.15, -0.1) is 0 Å². The van der Waals surface area contributed by atoms with Gasteiger partial charge in [-0.3, -0.25) is 9.59 Å². The number of aromatic nitrogens is 1. The number of carbonyl (C=O) groups is 2. The minimum absolute atomic E-state index is 0.0713. The Bertz CT molecular complexity index is 714. The van der Waals surface area contributed by atoms with Gasteiger partial charge in [0.15, 0.2) is 0 Å². The molecule has 0 unspecified atom stereocenters. The Morgan fingerprint density at radius 1 is 1.17 bits per heavy atom. The highest BCUT2D eigenvalue weighted by molar-refractivity contribution is 6.07. The summed E-state index contributed by atoms with van der Waals surface area (Å²) >= 11 is 0. The van der Waals surface area contributed by atoms with E-state index < -0.39 is 11.5 Å². The number of fused-ring (bicyclic) bond motifs is 1. The van der Waals surface area contributed by atoms with Crippen LogP contribution in [0.1, 0.15) is 50.4 Å². The topological polar surface area (TPSA) is 71.3 Å². The summed E-state index contributed by atoms with van der Waals surface area (Å²) in [6, 6.07) is 7.76. The second-order valence-corrected chi connectivity index (χ2v) is 5.86. The molecular formula is C18H24N2O3. The van der Waals surface area contributed by atoms with Crippen LogP contribution in [0, 0.1) is 0 Å². The van der Waals surface area contributed by atoms with Crippen LogP contribution in [0.5, 0.6) is 0 Å². The van der Waals surface area contributed by atoms with Gasteiger partial charge in [-0.25, -0.2) is 0 Å². The normalized spacial score (nSPS) is 11.6. The molecule has 5 nitrogen and oxygen atoms in total. The number of para-hydroxylation sites is 1. The molecule has 0 aliphatic rings. The van der Waals surface area contributed by atoms with Gasteiger partial charge in [0.2, 0.25) is 0 Å². The van der Waals surface area contributed by atoms with Crippen molar-refractivity contribution in [1.29, 1.82) is 0 Å². The van der Waals surface area contributed by atoms with Crippen molar-refractivity contribution in [2.45, 2.75) is 52.1 Å². The van der Waals surface area contributed by atoms with Crippen molar-refractivity contribution < 1.29 is 14.7 Å². The number of amides is 1. The molecule has 1 amide bonds. The summed E-state index contributed by atoms with van der Waals surface area (Å²) in [6.07, 6.45) is 2.93. The lowest BCUT2D eigenvalue weighted by Crippen LogP contribution is -2.49. The van der Waals surface area contributed by atoms with E-state index in [0.29, 0.717) is 18.4 Å². The van der Waals surface area contributed by atoms with E-state index in [9.17, 15) is 9.59 Å². The van der Waals surface area contributed by atoms with Crippen LogP contribution in [0.3, 0.4) is 0 Å². The Labute approximate surface area is 136 Å². The molecule has 0 aliphatic carbocycles. The smallest absolute Gasteiger partial charge is 0.305 e. The molecule has 1 aromatic carbocycles. The summed E-state index contributed by atoms with van der Waals surface area (Å²) in [7, 11) is 0. The highest BCUT2D eigenvalue weighted by atomic mass is 16.4. The third kappa shape index (κ3) is 3.38. The first-order valence-corrected chi connectivity index (χ1v) is 8.08. The van der Waals surface area contributed by atoms with Crippen LogP contribution in [-0.4, -0.2) is 27.1 Å². The van der Waals surface area contributed by atoms with Crippen LogP contribution in [0.2, 0.25) is 0 Å². The average molecular weight is 316 g/mol. The Balaban J connectivity index is 2.38. The lowest BCUT2D eigenvalue weighted by molar-refractivity contribution is -0.138. The Hall–Kier alpha value is -2.30. The molecule has 0 aliphatic heterocycles. The number of carbonyl (C=O) groups excluding carboxylic acids is 1. The Kier molecular flexibility index (Phi) is 5.08. The molecule has 0 fully saturated rings. The zero-order valence-electron chi connectivity index (χ0n) is 13.9. The van der Waals surface area contributed by atoms with Gasteiger partial charge in [0.05, 0.1) is 17.5 Å². The summed E-state index contributed by atoms with van der Waals surface area (Å²) < 4.78 is 2.03. The maximum absolute atomic E-state index is 12.8. The first kappa shape index (κ1) is 17.1. The molecule has 1 aromatic heterocycles. The van der Waals surface area contributed by atoms with Gasteiger partial charge in [0.1, 0.15) is 0 Å². The van der Waals surface area contributed by atoms with Gasteiger partial charge < -0.3 is 15.0 Å². The minimum Gasteiger partial charge on any atom is -0.481 e. The summed E-state index contributed by atoms with van der Waals surface area (Å²) in [5, 5.41) is 13.0. The number of aliphatic carboxylic acids is 1. The zero-order chi connectivity index (χ0) is 17.0. The molecule has 2 rings (SSSR count). The van der Waals surface area contributed by atoms with Gasteiger partial charge in [-0.1, -0.05) is 32.0 Å². The van der Waals surface area contributed by atoms with Crippen LogP contribution in [0.25, 0.3) is 10.9 Å². The van der Waals surface area contributed by atoms with Crippen molar-refractivity contribution in [3.8, 4) is 0 Å².